The summed E-state index contributed by atoms with van der Waals surface area (Å²) < 4.78 is 13.9. The van der Waals surface area contributed by atoms with Crippen LogP contribution in [-0.2, 0) is 14.1 Å². The first-order chi connectivity index (χ1) is 7.24. The van der Waals surface area contributed by atoms with Crippen LogP contribution in [0.1, 0.15) is 0 Å². The topological polar surface area (TPSA) is 54.1 Å². The van der Waals surface area contributed by atoms with E-state index in [1.54, 1.807) is 34.2 Å². The molecule has 0 fully saturated rings. The molecule has 6 nitrogen and oxygen atoms in total. The van der Waals surface area contributed by atoms with Gasteiger partial charge in [0.25, 0.3) is 0 Å². The van der Waals surface area contributed by atoms with E-state index >= 15 is 0 Å². The Balaban J connectivity index is 1.80. The molecule has 15 heavy (non-hydrogen) atoms. The highest BCUT2D eigenvalue weighted by atomic mass is 16.6. The van der Waals surface area contributed by atoms with Crippen molar-refractivity contribution in [2.75, 3.05) is 0 Å². The van der Waals surface area contributed by atoms with E-state index in [9.17, 15) is 0 Å². The van der Waals surface area contributed by atoms with Crippen LogP contribution < -0.4 is 9.31 Å². The minimum Gasteiger partial charge on any atom is -0.526 e. The fourth-order valence-electron chi connectivity index (χ4n) is 1.11. The van der Waals surface area contributed by atoms with E-state index in [1.165, 1.54) is 0 Å². The molecule has 0 spiro atoms. The van der Waals surface area contributed by atoms with Crippen molar-refractivity contribution in [3.8, 4) is 11.5 Å². The molecular weight excluding hydrogens is 195 g/mol. The van der Waals surface area contributed by atoms with Crippen LogP contribution in [0.4, 0.5) is 0 Å². The monoisotopic (exact) mass is 206 g/mol. The van der Waals surface area contributed by atoms with E-state index < -0.39 is 0 Å². The molecule has 0 unspecified atom stereocenters. The Hall–Kier alpha value is -1.92. The summed E-state index contributed by atoms with van der Waals surface area (Å²) in [7, 11) is 3.81. The average Bonchev–Trinajstić information content (AvgIpc) is 2.76. The zero-order valence-corrected chi connectivity index (χ0v) is 8.62. The van der Waals surface area contributed by atoms with Gasteiger partial charge >= 0.3 is 7.69 Å². The van der Waals surface area contributed by atoms with Crippen molar-refractivity contribution in [1.82, 2.24) is 19.6 Å². The number of nitrogens with zero attached hydrogens (tertiary/aromatic N) is 4. The summed E-state index contributed by atoms with van der Waals surface area (Å²) in [5, 5.41) is 7.93. The van der Waals surface area contributed by atoms with Crippen molar-refractivity contribution in [2.24, 2.45) is 14.1 Å². The number of hydrogen-bond donors (Lipinski definition) is 0. The van der Waals surface area contributed by atoms with E-state index in [0.29, 0.717) is 11.5 Å². The van der Waals surface area contributed by atoms with Crippen LogP contribution >= 0.6 is 0 Å². The minimum absolute atomic E-state index is 0.150. The maximum Gasteiger partial charge on any atom is 0.576 e. The van der Waals surface area contributed by atoms with Crippen molar-refractivity contribution in [3.05, 3.63) is 24.8 Å². The Morgan fingerprint density at radius 1 is 1.00 bits per heavy atom. The van der Waals surface area contributed by atoms with Gasteiger partial charge in [-0.2, -0.15) is 10.2 Å². The summed E-state index contributed by atoms with van der Waals surface area (Å²) in [6.07, 6.45) is 6.80. The van der Waals surface area contributed by atoms with Crippen molar-refractivity contribution < 1.29 is 9.31 Å². The van der Waals surface area contributed by atoms with Gasteiger partial charge in [0.15, 0.2) is 0 Å². The van der Waals surface area contributed by atoms with Crippen LogP contribution in [0, 0.1) is 0 Å². The molecule has 0 aromatic carbocycles. The zero-order chi connectivity index (χ0) is 10.7. The lowest BCUT2D eigenvalue weighted by Gasteiger charge is -2.01. The number of hydrogen-bond acceptors (Lipinski definition) is 4. The largest absolute Gasteiger partial charge is 0.576 e. The minimum atomic E-state index is 0.150. The quantitative estimate of drug-likeness (QED) is 0.654. The molecule has 0 saturated carbocycles. The van der Waals surface area contributed by atoms with Gasteiger partial charge in [0.1, 0.15) is 11.5 Å². The van der Waals surface area contributed by atoms with Gasteiger partial charge in [0.2, 0.25) is 0 Å². The Morgan fingerprint density at radius 2 is 1.47 bits per heavy atom. The van der Waals surface area contributed by atoms with Crippen molar-refractivity contribution in [2.45, 2.75) is 0 Å². The Kier molecular flexibility index (Phi) is 2.62. The molecule has 2 heterocycles. The maximum absolute atomic E-state index is 5.30. The fraction of sp³-hybridized carbons (Fsp3) is 0.250. The molecule has 0 bridgehead atoms. The molecule has 0 aliphatic heterocycles. The van der Waals surface area contributed by atoms with Gasteiger partial charge in [0, 0.05) is 14.1 Å². The van der Waals surface area contributed by atoms with Gasteiger partial charge < -0.3 is 9.31 Å². The van der Waals surface area contributed by atoms with E-state index in [2.05, 4.69) is 10.2 Å². The van der Waals surface area contributed by atoms with E-state index in [1.807, 2.05) is 14.1 Å². The maximum atomic E-state index is 5.30. The molecule has 2 rings (SSSR count). The summed E-state index contributed by atoms with van der Waals surface area (Å²) in [4.78, 5) is 0. The molecule has 2 aromatic heterocycles. The highest BCUT2D eigenvalue weighted by Crippen LogP contribution is 2.09. The lowest BCUT2D eigenvalue weighted by Crippen LogP contribution is -2.10. The van der Waals surface area contributed by atoms with Gasteiger partial charge in [-0.1, -0.05) is 0 Å². The second-order valence-corrected chi connectivity index (χ2v) is 3.11. The molecule has 0 atom stereocenters. The summed E-state index contributed by atoms with van der Waals surface area (Å²) in [6.45, 7) is 0. The Labute approximate surface area is 87.7 Å². The van der Waals surface area contributed by atoms with E-state index in [0.717, 1.165) is 0 Å². The van der Waals surface area contributed by atoms with Gasteiger partial charge in [-0.05, 0) is 0 Å². The molecule has 0 radical (unpaired) electrons. The molecule has 0 N–H and O–H groups in total. The van der Waals surface area contributed by atoms with Gasteiger partial charge in [-0.25, -0.2) is 0 Å². The van der Waals surface area contributed by atoms with Gasteiger partial charge in [-0.15, -0.1) is 0 Å². The predicted octanol–water partition coefficient (Wildman–Crippen LogP) is -0.122. The third-order valence-electron chi connectivity index (χ3n) is 1.81. The van der Waals surface area contributed by atoms with Gasteiger partial charge in [-0.3, -0.25) is 9.36 Å². The summed E-state index contributed by atoms with van der Waals surface area (Å²) >= 11 is 0. The fourth-order valence-corrected chi connectivity index (χ4v) is 1.11. The second kappa shape index (κ2) is 4.08. The standard InChI is InChI=1S/C8H11BN4O2/c1-12-5-7(3-10-12)14-9-15-8-4-11-13(2)6-8/h3-6,9H,1-2H3. The van der Waals surface area contributed by atoms with Crippen molar-refractivity contribution in [1.29, 1.82) is 0 Å². The van der Waals surface area contributed by atoms with Crippen molar-refractivity contribution >= 4 is 7.69 Å². The summed E-state index contributed by atoms with van der Waals surface area (Å²) in [5.41, 5.74) is 0. The van der Waals surface area contributed by atoms with Crippen LogP contribution in [-0.4, -0.2) is 27.2 Å². The Bertz CT molecular complexity index is 399. The highest BCUT2D eigenvalue weighted by molar-refractivity contribution is 6.20. The van der Waals surface area contributed by atoms with Gasteiger partial charge in [0.05, 0.1) is 24.8 Å². The molecule has 0 aliphatic carbocycles. The van der Waals surface area contributed by atoms with Crippen LogP contribution in [0.2, 0.25) is 0 Å². The third kappa shape index (κ3) is 2.52. The second-order valence-electron chi connectivity index (χ2n) is 3.11. The molecule has 0 amide bonds. The predicted molar refractivity (Wildman–Crippen MR) is 54.8 cm³/mol. The Morgan fingerprint density at radius 3 is 1.80 bits per heavy atom. The van der Waals surface area contributed by atoms with Crippen molar-refractivity contribution in [3.63, 3.8) is 0 Å². The van der Waals surface area contributed by atoms with Crippen LogP contribution in [0.5, 0.6) is 11.5 Å². The first-order valence-electron chi connectivity index (χ1n) is 4.47. The summed E-state index contributed by atoms with van der Waals surface area (Å²) in [5.74, 6) is 1.36. The number of rotatable bonds is 4. The zero-order valence-electron chi connectivity index (χ0n) is 8.62. The first kappa shape index (κ1) is 9.63. The van der Waals surface area contributed by atoms with E-state index in [4.69, 9.17) is 9.31 Å². The smallest absolute Gasteiger partial charge is 0.526 e. The summed E-state index contributed by atoms with van der Waals surface area (Å²) in [6, 6.07) is 0. The molecule has 78 valence electrons. The lowest BCUT2D eigenvalue weighted by atomic mass is 10.4. The molecule has 0 aliphatic rings. The molecule has 0 saturated heterocycles. The van der Waals surface area contributed by atoms with Crippen LogP contribution in [0.15, 0.2) is 24.8 Å². The number of aryl methyl sites for hydroxylation is 2. The average molecular weight is 206 g/mol. The van der Waals surface area contributed by atoms with E-state index in [-0.39, 0.29) is 7.69 Å². The van der Waals surface area contributed by atoms with Crippen LogP contribution in [0.3, 0.4) is 0 Å². The number of aromatic nitrogens is 4. The highest BCUT2D eigenvalue weighted by Gasteiger charge is 2.02. The molecular formula is C8H11BN4O2. The normalized spacial score (nSPS) is 10.0. The third-order valence-corrected chi connectivity index (χ3v) is 1.81. The molecule has 2 aromatic rings. The van der Waals surface area contributed by atoms with Crippen LogP contribution in [0.25, 0.3) is 0 Å². The SMILES string of the molecule is Cn1cc(OBOc2cnn(C)c2)cn1. The molecule has 7 heteroatoms. The lowest BCUT2D eigenvalue weighted by molar-refractivity contribution is 0.458. The first-order valence-corrected chi connectivity index (χ1v) is 4.47.